The average molecular weight is 173 g/mol. The summed E-state index contributed by atoms with van der Waals surface area (Å²) in [6.45, 7) is 2.66. The summed E-state index contributed by atoms with van der Waals surface area (Å²) in [5.41, 5.74) is 4.95. The summed E-state index contributed by atoms with van der Waals surface area (Å²) in [6, 6.07) is 0. The molecule has 0 rings (SSSR count). The van der Waals surface area contributed by atoms with Gasteiger partial charge in [-0.25, -0.2) is 4.79 Å². The van der Waals surface area contributed by atoms with Crippen molar-refractivity contribution in [1.82, 2.24) is 0 Å². The number of aliphatic hydroxyl groups is 1. The molecule has 3 N–H and O–H groups in total. The van der Waals surface area contributed by atoms with Gasteiger partial charge in [0.25, 0.3) is 0 Å². The van der Waals surface area contributed by atoms with Gasteiger partial charge in [0.1, 0.15) is 12.4 Å². The molecule has 12 heavy (non-hydrogen) atoms. The van der Waals surface area contributed by atoms with Gasteiger partial charge in [0.2, 0.25) is 5.91 Å². The predicted octanol–water partition coefficient (Wildman–Crippen LogP) is -0.701. The Morgan fingerprint density at radius 1 is 1.58 bits per heavy atom. The van der Waals surface area contributed by atoms with Crippen LogP contribution in [0.4, 0.5) is 0 Å². The molecule has 0 saturated heterocycles. The maximum Gasteiger partial charge on any atom is 0.339 e. The van der Waals surface area contributed by atoms with E-state index in [2.05, 4.69) is 4.74 Å². The number of hydrogen-bond donors (Lipinski definition) is 2. The average Bonchev–Trinajstić information content (AvgIpc) is 1.98. The van der Waals surface area contributed by atoms with Crippen molar-refractivity contribution in [2.45, 2.75) is 20.0 Å². The van der Waals surface area contributed by atoms with Crippen molar-refractivity contribution < 1.29 is 19.4 Å². The van der Waals surface area contributed by atoms with Gasteiger partial charge in [-0.3, -0.25) is 4.79 Å². The predicted molar refractivity (Wildman–Crippen MR) is 40.7 cm³/mol. The van der Waals surface area contributed by atoms with Crippen LogP contribution in [-0.4, -0.2) is 23.1 Å². The summed E-state index contributed by atoms with van der Waals surface area (Å²) >= 11 is 0. The zero-order valence-corrected chi connectivity index (χ0v) is 6.90. The molecule has 0 aliphatic heterocycles. The van der Waals surface area contributed by atoms with Crippen molar-refractivity contribution in [3.8, 4) is 0 Å². The number of hydrogen-bond acceptors (Lipinski definition) is 4. The zero-order valence-electron chi connectivity index (χ0n) is 6.90. The van der Waals surface area contributed by atoms with Gasteiger partial charge in [0.15, 0.2) is 0 Å². The van der Waals surface area contributed by atoms with Crippen LogP contribution in [0.25, 0.3) is 0 Å². The van der Waals surface area contributed by atoms with Crippen molar-refractivity contribution in [2.24, 2.45) is 5.73 Å². The smallest absolute Gasteiger partial charge is 0.339 e. The summed E-state index contributed by atoms with van der Waals surface area (Å²) in [5, 5.41) is 8.65. The summed E-state index contributed by atoms with van der Waals surface area (Å²) in [4.78, 5) is 21.0. The molecule has 0 fully saturated rings. The summed E-state index contributed by atoms with van der Waals surface area (Å²) < 4.78 is 4.37. The van der Waals surface area contributed by atoms with Crippen LogP contribution in [0.5, 0.6) is 0 Å². The SMILES string of the molecule is C/C(=C\OC(=O)C(C)O)C(N)=O. The van der Waals surface area contributed by atoms with Crippen molar-refractivity contribution in [2.75, 3.05) is 0 Å². The topological polar surface area (TPSA) is 89.6 Å². The van der Waals surface area contributed by atoms with E-state index in [0.717, 1.165) is 6.26 Å². The van der Waals surface area contributed by atoms with Gasteiger partial charge >= 0.3 is 5.97 Å². The van der Waals surface area contributed by atoms with Crippen LogP contribution in [0, 0.1) is 0 Å². The van der Waals surface area contributed by atoms with Crippen LogP contribution >= 0.6 is 0 Å². The Bertz CT molecular complexity index is 219. The van der Waals surface area contributed by atoms with Crippen LogP contribution < -0.4 is 5.73 Å². The van der Waals surface area contributed by atoms with Crippen molar-refractivity contribution in [3.05, 3.63) is 11.8 Å². The Kier molecular flexibility index (Phi) is 3.99. The van der Waals surface area contributed by atoms with Crippen LogP contribution in [0.3, 0.4) is 0 Å². The lowest BCUT2D eigenvalue weighted by atomic mass is 10.3. The van der Waals surface area contributed by atoms with Gasteiger partial charge in [0, 0.05) is 5.57 Å². The van der Waals surface area contributed by atoms with Gasteiger partial charge in [0.05, 0.1) is 0 Å². The van der Waals surface area contributed by atoms with Gasteiger partial charge in [-0.1, -0.05) is 0 Å². The van der Waals surface area contributed by atoms with Gasteiger partial charge in [-0.05, 0) is 13.8 Å². The lowest BCUT2D eigenvalue weighted by Crippen LogP contribution is -2.18. The molecule has 5 nitrogen and oxygen atoms in total. The third-order valence-electron chi connectivity index (χ3n) is 1.08. The number of aliphatic hydroxyl groups excluding tert-OH is 1. The highest BCUT2D eigenvalue weighted by molar-refractivity contribution is 5.91. The maximum absolute atomic E-state index is 10.6. The van der Waals surface area contributed by atoms with E-state index in [1.165, 1.54) is 13.8 Å². The van der Waals surface area contributed by atoms with Crippen molar-refractivity contribution >= 4 is 11.9 Å². The van der Waals surface area contributed by atoms with Gasteiger partial charge in [-0.15, -0.1) is 0 Å². The molecule has 0 heterocycles. The molecule has 0 aromatic rings. The third-order valence-corrected chi connectivity index (χ3v) is 1.08. The molecule has 0 radical (unpaired) electrons. The fraction of sp³-hybridized carbons (Fsp3) is 0.429. The van der Waals surface area contributed by atoms with Crippen molar-refractivity contribution in [3.63, 3.8) is 0 Å². The quantitative estimate of drug-likeness (QED) is 0.335. The zero-order chi connectivity index (χ0) is 9.72. The van der Waals surface area contributed by atoms with E-state index in [1.807, 2.05) is 0 Å². The standard InChI is InChI=1S/C7H11NO4/c1-4(6(8)10)3-12-7(11)5(2)9/h3,5,9H,1-2H3,(H2,8,10)/b4-3+. The largest absolute Gasteiger partial charge is 0.432 e. The fourth-order valence-corrected chi connectivity index (χ4v) is 0.303. The van der Waals surface area contributed by atoms with E-state index in [9.17, 15) is 9.59 Å². The first kappa shape index (κ1) is 10.6. The normalized spacial score (nSPS) is 13.8. The third kappa shape index (κ3) is 3.72. The summed E-state index contributed by atoms with van der Waals surface area (Å²) in [5.74, 6) is -1.50. The monoisotopic (exact) mass is 173 g/mol. The van der Waals surface area contributed by atoms with Crippen LogP contribution in [-0.2, 0) is 14.3 Å². The molecule has 0 aliphatic carbocycles. The number of primary amides is 1. The number of nitrogens with two attached hydrogens (primary N) is 1. The highest BCUT2D eigenvalue weighted by atomic mass is 16.5. The molecule has 1 atom stereocenters. The number of ether oxygens (including phenoxy) is 1. The molecule has 0 aromatic heterocycles. The Hall–Kier alpha value is -1.36. The number of amides is 1. The molecule has 0 aliphatic rings. The van der Waals surface area contributed by atoms with E-state index in [1.54, 1.807) is 0 Å². The molecular weight excluding hydrogens is 162 g/mol. The Labute approximate surface area is 69.8 Å². The highest BCUT2D eigenvalue weighted by Gasteiger charge is 2.09. The fourth-order valence-electron chi connectivity index (χ4n) is 0.303. The first-order valence-electron chi connectivity index (χ1n) is 3.30. The Morgan fingerprint density at radius 2 is 2.08 bits per heavy atom. The van der Waals surface area contributed by atoms with Crippen LogP contribution in [0.2, 0.25) is 0 Å². The second-order valence-corrected chi connectivity index (χ2v) is 2.28. The highest BCUT2D eigenvalue weighted by Crippen LogP contribution is 1.94. The summed E-state index contributed by atoms with van der Waals surface area (Å²) in [7, 11) is 0. The molecule has 0 aromatic carbocycles. The van der Waals surface area contributed by atoms with Gasteiger partial charge < -0.3 is 15.6 Å². The maximum atomic E-state index is 10.6. The first-order chi connectivity index (χ1) is 5.45. The Morgan fingerprint density at radius 3 is 2.42 bits per heavy atom. The number of rotatable bonds is 3. The molecule has 1 unspecified atom stereocenters. The van der Waals surface area contributed by atoms with E-state index < -0.39 is 18.0 Å². The van der Waals surface area contributed by atoms with Crippen LogP contribution in [0.1, 0.15) is 13.8 Å². The van der Waals surface area contributed by atoms with Gasteiger partial charge in [-0.2, -0.15) is 0 Å². The number of carbonyl (C=O) groups is 2. The number of esters is 1. The summed E-state index contributed by atoms with van der Waals surface area (Å²) in [6.07, 6.45) is -0.292. The lowest BCUT2D eigenvalue weighted by molar-refractivity contribution is -0.146. The molecule has 0 bridgehead atoms. The molecule has 1 amide bonds. The molecule has 68 valence electrons. The molecule has 5 heteroatoms. The minimum absolute atomic E-state index is 0.115. The lowest BCUT2D eigenvalue weighted by Gasteiger charge is -2.01. The molecule has 0 saturated carbocycles. The van der Waals surface area contributed by atoms with E-state index in [0.29, 0.717) is 0 Å². The van der Waals surface area contributed by atoms with E-state index >= 15 is 0 Å². The molecular formula is C7H11NO4. The number of carbonyl (C=O) groups excluding carboxylic acids is 2. The van der Waals surface area contributed by atoms with Crippen LogP contribution in [0.15, 0.2) is 11.8 Å². The molecule has 0 spiro atoms. The van der Waals surface area contributed by atoms with E-state index in [4.69, 9.17) is 10.8 Å². The van der Waals surface area contributed by atoms with Crippen molar-refractivity contribution in [1.29, 1.82) is 0 Å². The minimum atomic E-state index is -1.21. The Balaban J connectivity index is 4.05. The second kappa shape index (κ2) is 4.50. The second-order valence-electron chi connectivity index (χ2n) is 2.28. The first-order valence-corrected chi connectivity index (χ1v) is 3.30. The van der Waals surface area contributed by atoms with E-state index in [-0.39, 0.29) is 5.57 Å². The minimum Gasteiger partial charge on any atom is -0.432 e.